The molecule has 0 saturated carbocycles. The molecule has 4 aliphatic rings. The number of carbonyl (C=O) groups excluding carboxylic acids is 10. The molecule has 29 N–H and O–H groups in total. The third-order valence-corrected chi connectivity index (χ3v) is 20.4. The third-order valence-electron chi connectivity index (χ3n) is 20.4. The maximum Gasteiger partial charge on any atom is 0.344 e. The first-order valence-electron chi connectivity index (χ1n) is 37.0. The van der Waals surface area contributed by atoms with Gasteiger partial charge in [-0.15, -0.1) is 0 Å². The lowest BCUT2D eigenvalue weighted by molar-refractivity contribution is -0.282. The van der Waals surface area contributed by atoms with Crippen LogP contribution in [0.15, 0.2) is 91.0 Å². The van der Waals surface area contributed by atoms with Gasteiger partial charge in [0, 0.05) is 28.3 Å². The molecule has 134 heavy (non-hydrogen) atoms. The molecule has 0 aromatic heterocycles. The maximum absolute atomic E-state index is 15.4. The summed E-state index contributed by atoms with van der Waals surface area (Å²) >= 11 is 0. The number of rotatable bonds is 14. The van der Waals surface area contributed by atoms with Crippen molar-refractivity contribution in [2.75, 3.05) is 13.2 Å². The zero-order chi connectivity index (χ0) is 97.7. The van der Waals surface area contributed by atoms with Gasteiger partial charge in [0.25, 0.3) is 0 Å². The average Bonchev–Trinajstić information content (AvgIpc) is 0.992. The van der Waals surface area contributed by atoms with Crippen LogP contribution < -0.4 is 4.74 Å². The fraction of sp³-hybridized carbons (Fsp3) is 0.146. The summed E-state index contributed by atoms with van der Waals surface area (Å²) in [4.78, 5) is 148. The highest BCUT2D eigenvalue weighted by molar-refractivity contribution is 6.11. The van der Waals surface area contributed by atoms with Crippen molar-refractivity contribution in [2.45, 2.75) is 61.4 Å². The van der Waals surface area contributed by atoms with Gasteiger partial charge in [-0.05, 0) is 84.9 Å². The molecule has 14 rings (SSSR count). The van der Waals surface area contributed by atoms with E-state index in [4.69, 9.17) is 61.6 Å². The Bertz CT molecular complexity index is 6660. The molecular formula is C82H58O52. The van der Waals surface area contributed by atoms with Crippen LogP contribution in [0.1, 0.15) is 104 Å². The summed E-state index contributed by atoms with van der Waals surface area (Å²) in [5.74, 6) is -65.2. The molecule has 0 spiro atoms. The maximum atomic E-state index is 15.4. The van der Waals surface area contributed by atoms with Gasteiger partial charge < -0.3 is 210 Å². The minimum Gasteiger partial charge on any atom is -0.504 e. The predicted molar refractivity (Wildman–Crippen MR) is 415 cm³/mol. The van der Waals surface area contributed by atoms with Gasteiger partial charge in [-0.2, -0.15) is 0 Å². The van der Waals surface area contributed by atoms with Gasteiger partial charge in [0.05, 0.1) is 50.1 Å². The van der Waals surface area contributed by atoms with Crippen LogP contribution in [0, 0.1) is 0 Å². The van der Waals surface area contributed by atoms with Gasteiger partial charge in [-0.1, -0.05) is 0 Å². The Morgan fingerprint density at radius 1 is 0.246 bits per heavy atom. The van der Waals surface area contributed by atoms with E-state index in [2.05, 4.69) is 0 Å². The minimum atomic E-state index is -3.10. The lowest BCUT2D eigenvalue weighted by Gasteiger charge is -2.43. The summed E-state index contributed by atoms with van der Waals surface area (Å²) in [5.41, 5.74) is -17.0. The van der Waals surface area contributed by atoms with Crippen LogP contribution in [-0.4, -0.2) is 282 Å². The van der Waals surface area contributed by atoms with Crippen LogP contribution in [0.3, 0.4) is 0 Å². The smallest absolute Gasteiger partial charge is 0.344 e. The Morgan fingerprint density at radius 3 is 0.791 bits per heavy atom. The minimum absolute atomic E-state index is 0.102. The summed E-state index contributed by atoms with van der Waals surface area (Å²) in [6, 6.07) is 4.83. The topological polar surface area (TPSA) is 877 Å². The summed E-state index contributed by atoms with van der Waals surface area (Å²) in [6.45, 7) is -3.14. The molecule has 10 aromatic rings. The monoisotopic (exact) mass is 1870 g/mol. The second-order valence-electron chi connectivity index (χ2n) is 28.7. The first-order chi connectivity index (χ1) is 63.0. The molecule has 4 aliphatic heterocycles. The molecule has 698 valence electrons. The molecule has 0 aliphatic carbocycles. The molecule has 52 nitrogen and oxygen atoms in total. The van der Waals surface area contributed by atoms with Gasteiger partial charge in [-0.25, -0.2) is 47.9 Å². The molecule has 2 saturated heterocycles. The average molecular weight is 1880 g/mol. The van der Waals surface area contributed by atoms with Crippen molar-refractivity contribution in [3.63, 3.8) is 0 Å². The predicted octanol–water partition coefficient (Wildman–Crippen LogP) is 3.73. The highest BCUT2D eigenvalue weighted by atomic mass is 16.8. The molecular weight excluding hydrogens is 1820 g/mol. The normalized spacial score (nSPS) is 19.1. The molecule has 0 amide bonds. The Hall–Kier alpha value is -19.2. The molecule has 0 radical (unpaired) electrons. The van der Waals surface area contributed by atoms with Crippen molar-refractivity contribution < 1.29 is 258 Å². The Morgan fingerprint density at radius 2 is 0.485 bits per heavy atom. The molecule has 4 heterocycles. The van der Waals surface area contributed by atoms with E-state index in [9.17, 15) is 182 Å². The van der Waals surface area contributed by atoms with Crippen LogP contribution in [0.5, 0.6) is 178 Å². The first-order valence-corrected chi connectivity index (χ1v) is 37.0. The number of carbonyl (C=O) groups is 10. The number of fused-ring (bicyclic) bond motifs is 8. The highest BCUT2D eigenvalue weighted by Crippen LogP contribution is 2.58. The first kappa shape index (κ1) is 91.0. The zero-order valence-electron chi connectivity index (χ0n) is 65.7. The van der Waals surface area contributed by atoms with Crippen LogP contribution >= 0.6 is 0 Å². The fourth-order valence-electron chi connectivity index (χ4n) is 13.9. The van der Waals surface area contributed by atoms with Crippen molar-refractivity contribution in [1.82, 2.24) is 0 Å². The largest absolute Gasteiger partial charge is 0.504 e. The molecule has 0 bridgehead atoms. The van der Waals surface area contributed by atoms with Crippen LogP contribution in [0.2, 0.25) is 0 Å². The molecule has 52 heteroatoms. The van der Waals surface area contributed by atoms with E-state index in [1.807, 2.05) is 0 Å². The Kier molecular flexibility index (Phi) is 23.2. The van der Waals surface area contributed by atoms with Crippen molar-refractivity contribution in [1.29, 1.82) is 0 Å². The number of phenolic OH excluding ortho intramolecular Hbond substituents is 29. The van der Waals surface area contributed by atoms with Crippen molar-refractivity contribution >= 4 is 59.7 Å². The molecule has 2 unspecified atom stereocenters. The van der Waals surface area contributed by atoms with E-state index < -0.39 is 390 Å². The number of hydrogen-bond donors (Lipinski definition) is 29. The molecule has 10 atom stereocenters. The van der Waals surface area contributed by atoms with Crippen molar-refractivity contribution in [2.24, 2.45) is 0 Å². The second-order valence-corrected chi connectivity index (χ2v) is 28.7. The number of benzene rings is 10. The number of cyclic esters (lactones) is 2. The number of hydrogen-bond acceptors (Lipinski definition) is 52. The third kappa shape index (κ3) is 16.2. The quantitative estimate of drug-likeness (QED) is 0.0419. The van der Waals surface area contributed by atoms with E-state index in [0.717, 1.165) is 0 Å². The number of phenols is 29. The standard InChI is InChI=1S/C82H58O52/c83-28-1-18(2-29(84)49(28)97)71(112)129-67-65-43(16-122-76(117)23-11-37(92)54(102)59(107)45(23)47-25(78(119)127-65)13-39(94)56(104)61(47)109)125-81(69(67)131-73(114)20-5-32(87)51(99)33(88)6-20)133-75(116)22-9-36(91)53(101)42(10-22)124-64-27(15-41(96)58(106)63(64)111)80(121)134-82-70(132-74(115)21-7-34(89)52(100)35(90)8-21)68(130-72(113)19-3-30(85)50(98)31(86)4-19)66-44(126-82)17-123-77(118)24-12-38(93)55(103)60(108)46(24)48-26(79(120)128-66)14-40(95)57(105)62(48)110/h1-15,43-44,65-70,81-111H,16-17H2/t43-,44-,65?,66?,67+,68+,69-,70-,81+,82+/m1/s1. The lowest BCUT2D eigenvalue weighted by Crippen LogP contribution is -2.63. The van der Waals surface area contributed by atoms with E-state index in [-0.39, 0.29) is 30.3 Å². The summed E-state index contributed by atoms with van der Waals surface area (Å²) in [5, 5.41) is 314. The van der Waals surface area contributed by atoms with Gasteiger partial charge in [0.15, 0.2) is 162 Å². The highest BCUT2D eigenvalue weighted by Gasteiger charge is 2.58. The Balaban J connectivity index is 0.880. The summed E-state index contributed by atoms with van der Waals surface area (Å²) in [7, 11) is 0. The number of esters is 10. The Labute approximate surface area is 736 Å². The second kappa shape index (κ2) is 34.2. The van der Waals surface area contributed by atoms with Gasteiger partial charge in [0.1, 0.15) is 31.0 Å². The van der Waals surface area contributed by atoms with Crippen LogP contribution in [-0.2, 0) is 56.8 Å². The van der Waals surface area contributed by atoms with Crippen molar-refractivity contribution in [3.8, 4) is 200 Å². The van der Waals surface area contributed by atoms with Crippen LogP contribution in [0.4, 0.5) is 0 Å². The van der Waals surface area contributed by atoms with E-state index in [1.165, 1.54) is 0 Å². The van der Waals surface area contributed by atoms with E-state index in [1.54, 1.807) is 0 Å². The van der Waals surface area contributed by atoms with Gasteiger partial charge >= 0.3 is 59.7 Å². The van der Waals surface area contributed by atoms with Crippen molar-refractivity contribution in [3.05, 3.63) is 147 Å². The van der Waals surface area contributed by atoms with E-state index in [0.29, 0.717) is 60.7 Å². The summed E-state index contributed by atoms with van der Waals surface area (Å²) < 4.78 is 74.3. The lowest BCUT2D eigenvalue weighted by atomic mass is 9.92. The van der Waals surface area contributed by atoms with E-state index >= 15 is 14.4 Å². The SMILES string of the molecule is O=C(O[C@@H]1O[C@@H]2COC(=O)c3cc(O)c(O)c(O)c3-c3c(cc(O)c(O)c3O)C(=O)OC2[C@H](OC(=O)c2cc(O)c(O)c(O)c2)[C@H]1OC(=O)c1cc(O)c(O)c(O)c1)c1cc(O)c(O)c(Oc2c(C(=O)O[C@@H]3O[C@@H]4COC(=O)c5cc(O)c(O)c(O)c5-c5c(cc(O)c(O)c5O)C(=O)OC4[C@H](OC(=O)c4cc(O)c(O)c(O)c4)[C@H]3OC(=O)c3cc(O)c(O)c(O)c3)cc(O)c(O)c2O)c1. The summed E-state index contributed by atoms with van der Waals surface area (Å²) in [6.07, 6.45) is -28.6. The molecule has 10 aromatic carbocycles. The van der Waals surface area contributed by atoms with Gasteiger partial charge in [-0.3, -0.25) is 0 Å². The number of ether oxygens (including phenoxy) is 13. The number of aromatic hydroxyl groups is 29. The van der Waals surface area contributed by atoms with Gasteiger partial charge in [0.2, 0.25) is 65.0 Å². The fourth-order valence-corrected chi connectivity index (χ4v) is 13.9. The zero-order valence-corrected chi connectivity index (χ0v) is 65.7. The molecule has 2 fully saturated rings. The van der Waals surface area contributed by atoms with Crippen LogP contribution in [0.25, 0.3) is 22.3 Å².